The van der Waals surface area contributed by atoms with Crippen LogP contribution in [0.4, 0.5) is 11.4 Å². The van der Waals surface area contributed by atoms with Crippen LogP contribution < -0.4 is 11.5 Å². The summed E-state index contributed by atoms with van der Waals surface area (Å²) in [5, 5.41) is 7.76. The van der Waals surface area contributed by atoms with E-state index in [1.54, 1.807) is 24.3 Å². The van der Waals surface area contributed by atoms with Crippen molar-refractivity contribution in [3.05, 3.63) is 47.9 Å². The lowest BCUT2D eigenvalue weighted by Gasteiger charge is -2.14. The fourth-order valence-corrected chi connectivity index (χ4v) is 1.65. The molecule has 0 aromatic heterocycles. The van der Waals surface area contributed by atoms with Gasteiger partial charge in [-0.2, -0.15) is 0 Å². The fraction of sp³-hybridized carbons (Fsp3) is 0.143. The Labute approximate surface area is 111 Å². The smallest absolute Gasteiger partial charge is 0.146 e. The van der Waals surface area contributed by atoms with Crippen molar-refractivity contribution in [3.8, 4) is 0 Å². The van der Waals surface area contributed by atoms with Gasteiger partial charge in [-0.05, 0) is 37.3 Å². The molecular weight excluding hydrogens is 240 g/mol. The summed E-state index contributed by atoms with van der Waals surface area (Å²) in [6, 6.07) is 7.17. The molecule has 5 heteroatoms. The predicted molar refractivity (Wildman–Crippen MR) is 77.7 cm³/mol. The second kappa shape index (κ2) is 5.39. The molecule has 0 amide bonds. The van der Waals surface area contributed by atoms with E-state index in [9.17, 15) is 0 Å². The first kappa shape index (κ1) is 12.9. The van der Waals surface area contributed by atoms with E-state index in [-0.39, 0.29) is 5.71 Å². The molecule has 0 saturated heterocycles. The van der Waals surface area contributed by atoms with Crippen molar-refractivity contribution in [3.63, 3.8) is 0 Å². The van der Waals surface area contributed by atoms with E-state index >= 15 is 0 Å². The van der Waals surface area contributed by atoms with E-state index in [4.69, 9.17) is 21.6 Å². The summed E-state index contributed by atoms with van der Waals surface area (Å²) < 4.78 is 5.37. The molecule has 0 fully saturated rings. The Morgan fingerprint density at radius 2 is 1.84 bits per heavy atom. The molecule has 1 aromatic carbocycles. The Morgan fingerprint density at radius 3 is 2.47 bits per heavy atom. The topological polar surface area (TPSA) is 97.5 Å². The first-order valence-corrected chi connectivity index (χ1v) is 5.95. The summed E-state index contributed by atoms with van der Waals surface area (Å²) in [4.78, 5) is 4.42. The van der Waals surface area contributed by atoms with E-state index in [0.717, 1.165) is 5.69 Å². The quantitative estimate of drug-likeness (QED) is 0.570. The number of ether oxygens (including phenoxy) is 1. The first-order chi connectivity index (χ1) is 9.10. The van der Waals surface area contributed by atoms with Crippen LogP contribution in [0.1, 0.15) is 6.92 Å². The number of hydrogen-bond acceptors (Lipinski definition) is 5. The van der Waals surface area contributed by atoms with Gasteiger partial charge >= 0.3 is 0 Å². The van der Waals surface area contributed by atoms with Crippen LogP contribution in [0.2, 0.25) is 0 Å². The minimum atomic E-state index is 0.260. The SMILES string of the molecule is CCOC1=CC(=Nc2ccc(N)cc2)C(N)=CC1=N. The highest BCUT2D eigenvalue weighted by Gasteiger charge is 2.15. The molecular formula is C14H16N4O. The lowest BCUT2D eigenvalue weighted by molar-refractivity contribution is 0.250. The maximum atomic E-state index is 7.76. The number of nitrogens with zero attached hydrogens (tertiary/aromatic N) is 1. The Bertz CT molecular complexity index is 582. The lowest BCUT2D eigenvalue weighted by Crippen LogP contribution is -2.19. The molecule has 0 unspecified atom stereocenters. The van der Waals surface area contributed by atoms with Crippen LogP contribution in [0.3, 0.4) is 0 Å². The van der Waals surface area contributed by atoms with E-state index in [2.05, 4.69) is 4.99 Å². The van der Waals surface area contributed by atoms with Crippen LogP contribution in [0, 0.1) is 5.41 Å². The molecule has 1 aliphatic rings. The number of allylic oxidation sites excluding steroid dienone is 2. The van der Waals surface area contributed by atoms with E-state index < -0.39 is 0 Å². The second-order valence-corrected chi connectivity index (χ2v) is 4.04. The lowest BCUT2D eigenvalue weighted by atomic mass is 10.1. The maximum absolute atomic E-state index is 7.76. The zero-order valence-corrected chi connectivity index (χ0v) is 10.7. The van der Waals surface area contributed by atoms with Crippen LogP contribution in [0.5, 0.6) is 0 Å². The number of aliphatic imine (C=N–C) groups is 1. The maximum Gasteiger partial charge on any atom is 0.146 e. The highest BCUT2D eigenvalue weighted by Crippen LogP contribution is 2.18. The summed E-state index contributed by atoms with van der Waals surface area (Å²) in [7, 11) is 0. The number of anilines is 1. The van der Waals surface area contributed by atoms with Gasteiger partial charge in [0.05, 0.1) is 29.4 Å². The molecule has 5 N–H and O–H groups in total. The van der Waals surface area contributed by atoms with E-state index in [0.29, 0.717) is 29.5 Å². The number of nitrogen functional groups attached to an aromatic ring is 1. The summed E-state index contributed by atoms with van der Waals surface area (Å²) in [6.45, 7) is 2.36. The number of rotatable bonds is 3. The number of hydrogen-bond donors (Lipinski definition) is 3. The van der Waals surface area contributed by atoms with Gasteiger partial charge in [0.2, 0.25) is 0 Å². The minimum Gasteiger partial charge on any atom is -0.492 e. The number of nitrogens with one attached hydrogen (secondary N) is 1. The van der Waals surface area contributed by atoms with Crippen LogP contribution in [0.15, 0.2) is 52.9 Å². The third-order valence-electron chi connectivity index (χ3n) is 2.57. The van der Waals surface area contributed by atoms with Gasteiger partial charge in [-0.3, -0.25) is 5.41 Å². The highest BCUT2D eigenvalue weighted by atomic mass is 16.5. The van der Waals surface area contributed by atoms with E-state index in [1.165, 1.54) is 0 Å². The molecule has 98 valence electrons. The molecule has 0 bridgehead atoms. The standard InChI is InChI=1S/C14H16N4O/c1-2-19-14-8-13(11(16)7-12(14)17)18-10-5-3-9(15)4-6-10/h3-8,17H,2,15-16H2,1H3. The second-order valence-electron chi connectivity index (χ2n) is 4.04. The molecule has 1 aromatic rings. The Balaban J connectivity index is 2.34. The molecule has 0 aliphatic heterocycles. The first-order valence-electron chi connectivity index (χ1n) is 5.95. The van der Waals surface area contributed by atoms with Gasteiger partial charge in [0.15, 0.2) is 0 Å². The van der Waals surface area contributed by atoms with Gasteiger partial charge in [0, 0.05) is 11.8 Å². The van der Waals surface area contributed by atoms with Crippen molar-refractivity contribution < 1.29 is 4.74 Å². The Hall–Kier alpha value is -2.56. The molecule has 5 nitrogen and oxygen atoms in total. The molecule has 0 radical (unpaired) electrons. The third kappa shape index (κ3) is 3.01. The van der Waals surface area contributed by atoms with Gasteiger partial charge < -0.3 is 16.2 Å². The molecule has 2 rings (SSSR count). The van der Waals surface area contributed by atoms with E-state index in [1.807, 2.05) is 19.1 Å². The van der Waals surface area contributed by atoms with Crippen LogP contribution in [-0.4, -0.2) is 18.0 Å². The van der Waals surface area contributed by atoms with Crippen molar-refractivity contribution in [1.82, 2.24) is 0 Å². The largest absolute Gasteiger partial charge is 0.492 e. The average Bonchev–Trinajstić information content (AvgIpc) is 2.38. The summed E-state index contributed by atoms with van der Waals surface area (Å²) in [6.07, 6.45) is 3.22. The van der Waals surface area contributed by atoms with Gasteiger partial charge in [0.1, 0.15) is 5.76 Å². The zero-order valence-electron chi connectivity index (χ0n) is 10.7. The van der Waals surface area contributed by atoms with Crippen molar-refractivity contribution in [2.24, 2.45) is 10.7 Å². The van der Waals surface area contributed by atoms with Crippen LogP contribution in [0.25, 0.3) is 0 Å². The summed E-state index contributed by atoms with van der Waals surface area (Å²) in [5.74, 6) is 0.478. The third-order valence-corrected chi connectivity index (χ3v) is 2.57. The zero-order chi connectivity index (χ0) is 13.8. The average molecular weight is 256 g/mol. The van der Waals surface area contributed by atoms with Gasteiger partial charge in [0.25, 0.3) is 0 Å². The molecule has 0 atom stereocenters. The highest BCUT2D eigenvalue weighted by molar-refractivity contribution is 6.22. The number of nitrogens with two attached hydrogens (primary N) is 2. The van der Waals surface area contributed by atoms with Gasteiger partial charge in [-0.1, -0.05) is 0 Å². The normalized spacial score (nSPS) is 17.1. The molecule has 0 saturated carbocycles. The molecule has 0 heterocycles. The summed E-state index contributed by atoms with van der Waals surface area (Å²) >= 11 is 0. The van der Waals surface area contributed by atoms with Crippen LogP contribution in [-0.2, 0) is 4.74 Å². The molecule has 1 aliphatic carbocycles. The van der Waals surface area contributed by atoms with Gasteiger partial charge in [-0.25, -0.2) is 4.99 Å². The van der Waals surface area contributed by atoms with Crippen molar-refractivity contribution in [2.45, 2.75) is 6.92 Å². The Kier molecular flexibility index (Phi) is 3.66. The Morgan fingerprint density at radius 1 is 1.16 bits per heavy atom. The predicted octanol–water partition coefficient (Wildman–Crippen LogP) is 2.14. The van der Waals surface area contributed by atoms with Crippen molar-refractivity contribution >= 4 is 22.8 Å². The minimum absolute atomic E-state index is 0.260. The summed E-state index contributed by atoms with van der Waals surface area (Å²) in [5.41, 5.74) is 14.2. The van der Waals surface area contributed by atoms with Gasteiger partial charge in [-0.15, -0.1) is 0 Å². The van der Waals surface area contributed by atoms with Crippen LogP contribution >= 0.6 is 0 Å². The fourth-order valence-electron chi connectivity index (χ4n) is 1.65. The monoisotopic (exact) mass is 256 g/mol. The van der Waals surface area contributed by atoms with Crippen molar-refractivity contribution in [2.75, 3.05) is 12.3 Å². The molecule has 19 heavy (non-hydrogen) atoms. The van der Waals surface area contributed by atoms with Crippen molar-refractivity contribution in [1.29, 1.82) is 5.41 Å². The number of benzene rings is 1. The molecule has 0 spiro atoms.